The van der Waals surface area contributed by atoms with Gasteiger partial charge in [0.25, 0.3) is 0 Å². The van der Waals surface area contributed by atoms with E-state index < -0.39 is 0 Å². The highest BCUT2D eigenvalue weighted by molar-refractivity contribution is 7.98. The Morgan fingerprint density at radius 3 is 2.58 bits per heavy atom. The highest BCUT2D eigenvalue weighted by atomic mass is 32.2. The van der Waals surface area contributed by atoms with Crippen LogP contribution >= 0.6 is 11.8 Å². The summed E-state index contributed by atoms with van der Waals surface area (Å²) in [6.45, 7) is 2.17. The second-order valence-electron chi connectivity index (χ2n) is 4.31. The van der Waals surface area contributed by atoms with Gasteiger partial charge in [0.05, 0.1) is 0 Å². The van der Waals surface area contributed by atoms with Crippen molar-refractivity contribution in [2.45, 2.75) is 25.8 Å². The number of nitrogens with one attached hydrogen (secondary N) is 2. The number of aryl methyl sites for hydroxylation is 1. The fraction of sp³-hybridized carbons (Fsp3) is 0.500. The van der Waals surface area contributed by atoms with Crippen LogP contribution < -0.4 is 10.6 Å². The summed E-state index contributed by atoms with van der Waals surface area (Å²) in [7, 11) is 0. The van der Waals surface area contributed by atoms with E-state index in [-0.39, 0.29) is 18.7 Å². The van der Waals surface area contributed by atoms with Gasteiger partial charge in [-0.1, -0.05) is 19.1 Å². The lowest BCUT2D eigenvalue weighted by Crippen LogP contribution is -2.40. The summed E-state index contributed by atoms with van der Waals surface area (Å²) in [5.41, 5.74) is 2.02. The average molecular weight is 282 g/mol. The molecule has 0 bridgehead atoms. The number of amides is 2. The Morgan fingerprint density at radius 2 is 2.05 bits per heavy atom. The Morgan fingerprint density at radius 1 is 1.37 bits per heavy atom. The molecule has 0 heterocycles. The topological polar surface area (TPSA) is 61.4 Å². The zero-order chi connectivity index (χ0) is 14.1. The van der Waals surface area contributed by atoms with Gasteiger partial charge in [-0.2, -0.15) is 11.8 Å². The summed E-state index contributed by atoms with van der Waals surface area (Å²) in [4.78, 5) is 11.8. The quantitative estimate of drug-likeness (QED) is 0.720. The Balaban J connectivity index is 2.48. The maximum absolute atomic E-state index is 11.8. The van der Waals surface area contributed by atoms with Crippen molar-refractivity contribution in [2.75, 3.05) is 23.9 Å². The Bertz CT molecular complexity index is 376. The molecule has 2 amide bonds. The molecule has 0 radical (unpaired) electrons. The summed E-state index contributed by atoms with van der Waals surface area (Å²) >= 11 is 1.65. The van der Waals surface area contributed by atoms with E-state index in [0.717, 1.165) is 17.9 Å². The van der Waals surface area contributed by atoms with Crippen LogP contribution in [0.15, 0.2) is 24.3 Å². The fourth-order valence-corrected chi connectivity index (χ4v) is 2.38. The van der Waals surface area contributed by atoms with Crippen molar-refractivity contribution in [3.63, 3.8) is 0 Å². The Kier molecular flexibility index (Phi) is 7.36. The number of urea groups is 1. The molecule has 0 spiro atoms. The smallest absolute Gasteiger partial charge is 0.319 e. The third-order valence-electron chi connectivity index (χ3n) is 2.80. The summed E-state index contributed by atoms with van der Waals surface area (Å²) in [6, 6.07) is 7.57. The van der Waals surface area contributed by atoms with Gasteiger partial charge in [-0.15, -0.1) is 0 Å². The van der Waals surface area contributed by atoms with E-state index in [1.165, 1.54) is 5.56 Å². The van der Waals surface area contributed by atoms with Gasteiger partial charge >= 0.3 is 6.03 Å². The first-order valence-corrected chi connectivity index (χ1v) is 7.85. The molecule has 1 rings (SSSR count). The van der Waals surface area contributed by atoms with E-state index in [2.05, 4.69) is 17.6 Å². The van der Waals surface area contributed by atoms with Crippen LogP contribution in [0, 0.1) is 0 Å². The monoisotopic (exact) mass is 282 g/mol. The molecule has 4 nitrogen and oxygen atoms in total. The number of aliphatic hydroxyl groups is 1. The van der Waals surface area contributed by atoms with E-state index in [0.29, 0.717) is 6.42 Å². The lowest BCUT2D eigenvalue weighted by Gasteiger charge is -2.17. The lowest BCUT2D eigenvalue weighted by atomic mass is 10.1. The largest absolute Gasteiger partial charge is 0.396 e. The van der Waals surface area contributed by atoms with Crippen molar-refractivity contribution in [3.05, 3.63) is 29.8 Å². The predicted octanol–water partition coefficient (Wildman–Crippen LogP) is 2.48. The molecule has 1 atom stereocenters. The first kappa shape index (κ1) is 15.9. The van der Waals surface area contributed by atoms with Crippen LogP contribution in [0.1, 0.15) is 18.9 Å². The highest BCUT2D eigenvalue weighted by Crippen LogP contribution is 2.10. The molecule has 19 heavy (non-hydrogen) atoms. The van der Waals surface area contributed by atoms with Gasteiger partial charge in [-0.25, -0.2) is 4.79 Å². The normalized spacial score (nSPS) is 11.9. The number of aliphatic hydroxyl groups excluding tert-OH is 1. The molecule has 1 aromatic rings. The van der Waals surface area contributed by atoms with Crippen molar-refractivity contribution in [3.8, 4) is 0 Å². The van der Waals surface area contributed by atoms with Crippen molar-refractivity contribution in [1.29, 1.82) is 0 Å². The molecule has 0 aromatic heterocycles. The molecule has 0 unspecified atom stereocenters. The maximum Gasteiger partial charge on any atom is 0.319 e. The number of rotatable bonds is 7. The van der Waals surface area contributed by atoms with Gasteiger partial charge in [-0.05, 0) is 36.8 Å². The highest BCUT2D eigenvalue weighted by Gasteiger charge is 2.11. The van der Waals surface area contributed by atoms with Crippen molar-refractivity contribution < 1.29 is 9.90 Å². The van der Waals surface area contributed by atoms with Crippen LogP contribution in [0.5, 0.6) is 0 Å². The lowest BCUT2D eigenvalue weighted by molar-refractivity contribution is 0.241. The summed E-state index contributed by atoms with van der Waals surface area (Å²) < 4.78 is 0. The van der Waals surface area contributed by atoms with Gasteiger partial charge in [0, 0.05) is 24.1 Å². The Labute approximate surface area is 119 Å². The number of benzene rings is 1. The average Bonchev–Trinajstić information content (AvgIpc) is 2.40. The molecule has 0 saturated heterocycles. The van der Waals surface area contributed by atoms with Crippen molar-refractivity contribution in [1.82, 2.24) is 5.32 Å². The summed E-state index contributed by atoms with van der Waals surface area (Å²) in [5.74, 6) is 0.794. The van der Waals surface area contributed by atoms with Crippen LogP contribution in [-0.4, -0.2) is 35.8 Å². The first-order chi connectivity index (χ1) is 9.19. The van der Waals surface area contributed by atoms with Crippen LogP contribution in [-0.2, 0) is 6.42 Å². The second-order valence-corrected chi connectivity index (χ2v) is 5.22. The summed E-state index contributed by atoms with van der Waals surface area (Å²) in [5, 5.41) is 14.6. The van der Waals surface area contributed by atoms with Gasteiger partial charge in [-0.3, -0.25) is 0 Å². The number of anilines is 1. The van der Waals surface area contributed by atoms with E-state index in [4.69, 9.17) is 5.11 Å². The fourth-order valence-electron chi connectivity index (χ4n) is 1.73. The molecule has 0 fully saturated rings. The number of hydrogen-bond acceptors (Lipinski definition) is 3. The molecular formula is C14H22N2O2S. The first-order valence-electron chi connectivity index (χ1n) is 6.45. The summed E-state index contributed by atoms with van der Waals surface area (Å²) in [6.07, 6.45) is 3.54. The molecule has 0 aliphatic carbocycles. The van der Waals surface area contributed by atoms with Crippen molar-refractivity contribution in [2.24, 2.45) is 0 Å². The van der Waals surface area contributed by atoms with Gasteiger partial charge in [0.2, 0.25) is 0 Å². The van der Waals surface area contributed by atoms with Gasteiger partial charge in [0.15, 0.2) is 0 Å². The van der Waals surface area contributed by atoms with E-state index in [1.807, 2.05) is 30.5 Å². The van der Waals surface area contributed by atoms with Crippen LogP contribution in [0.3, 0.4) is 0 Å². The molecule has 3 N–H and O–H groups in total. The van der Waals surface area contributed by atoms with E-state index in [9.17, 15) is 4.79 Å². The second kappa shape index (κ2) is 8.82. The van der Waals surface area contributed by atoms with Crippen molar-refractivity contribution >= 4 is 23.5 Å². The molecule has 0 aliphatic rings. The number of thioether (sulfide) groups is 1. The standard InChI is InChI=1S/C14H22N2O2S/c1-3-11-4-6-12(7-5-11)15-14(18)16-13(8-9-17)10-19-2/h4-7,13,17H,3,8-10H2,1-2H3,(H2,15,16,18)/t13-/m1/s1. The predicted molar refractivity (Wildman–Crippen MR) is 81.8 cm³/mol. The third kappa shape index (κ3) is 5.98. The van der Waals surface area contributed by atoms with Crippen LogP contribution in [0.4, 0.5) is 10.5 Å². The van der Waals surface area contributed by atoms with Crippen LogP contribution in [0.2, 0.25) is 0 Å². The molecule has 1 aromatic carbocycles. The molecular weight excluding hydrogens is 260 g/mol. The van der Waals surface area contributed by atoms with Gasteiger partial charge in [0.1, 0.15) is 0 Å². The van der Waals surface area contributed by atoms with E-state index in [1.54, 1.807) is 11.8 Å². The minimum atomic E-state index is -0.225. The minimum absolute atomic E-state index is 0.00471. The zero-order valence-electron chi connectivity index (χ0n) is 11.5. The number of hydrogen-bond donors (Lipinski definition) is 3. The molecule has 0 saturated carbocycles. The zero-order valence-corrected chi connectivity index (χ0v) is 12.3. The minimum Gasteiger partial charge on any atom is -0.396 e. The maximum atomic E-state index is 11.8. The SMILES string of the molecule is CCc1ccc(NC(=O)N[C@H](CCO)CSC)cc1. The Hall–Kier alpha value is -1.20. The van der Waals surface area contributed by atoms with Gasteiger partial charge < -0.3 is 15.7 Å². The number of carbonyl (C=O) groups is 1. The molecule has 106 valence electrons. The van der Waals surface area contributed by atoms with Crippen LogP contribution in [0.25, 0.3) is 0 Å². The van der Waals surface area contributed by atoms with E-state index >= 15 is 0 Å². The molecule has 5 heteroatoms. The number of carbonyl (C=O) groups excluding carboxylic acids is 1. The molecule has 0 aliphatic heterocycles. The third-order valence-corrected chi connectivity index (χ3v) is 3.54.